The Bertz CT molecular complexity index is 582. The minimum absolute atomic E-state index is 0.203. The van der Waals surface area contributed by atoms with Gasteiger partial charge in [0, 0.05) is 11.1 Å². The predicted octanol–water partition coefficient (Wildman–Crippen LogP) is 3.63. The second kappa shape index (κ2) is 6.20. The summed E-state index contributed by atoms with van der Waals surface area (Å²) in [6, 6.07) is 11.5. The summed E-state index contributed by atoms with van der Waals surface area (Å²) in [5.74, 6) is 0. The van der Waals surface area contributed by atoms with Gasteiger partial charge in [0.2, 0.25) is 0 Å². The van der Waals surface area contributed by atoms with Crippen molar-refractivity contribution in [2.24, 2.45) is 0 Å². The van der Waals surface area contributed by atoms with Gasteiger partial charge in [-0.2, -0.15) is 0 Å². The Morgan fingerprint density at radius 2 is 2.10 bits per heavy atom. The molecule has 1 heterocycles. The average Bonchev–Trinajstić information content (AvgIpc) is 2.81. The molecule has 1 N–H and O–H groups in total. The van der Waals surface area contributed by atoms with Gasteiger partial charge < -0.3 is 10.2 Å². The zero-order valence-electron chi connectivity index (χ0n) is 12.0. The van der Waals surface area contributed by atoms with E-state index in [4.69, 9.17) is 23.8 Å². The molecule has 1 aromatic rings. The summed E-state index contributed by atoms with van der Waals surface area (Å²) in [5.41, 5.74) is 1.38. The van der Waals surface area contributed by atoms with Gasteiger partial charge in [-0.25, -0.2) is 0 Å². The zero-order chi connectivity index (χ0) is 14.8. The monoisotopic (exact) mass is 318 g/mol. The Balaban J connectivity index is 1.66. The molecule has 0 saturated carbocycles. The van der Waals surface area contributed by atoms with Gasteiger partial charge in [-0.05, 0) is 49.7 Å². The Morgan fingerprint density at radius 3 is 2.86 bits per heavy atom. The van der Waals surface area contributed by atoms with E-state index in [9.17, 15) is 0 Å². The molecule has 21 heavy (non-hydrogen) atoms. The molecule has 0 spiro atoms. The second-order valence-electron chi connectivity index (χ2n) is 5.66. The molecule has 1 saturated heterocycles. The molecule has 2 nitrogen and oxygen atoms in total. The number of hydrogen-bond donors (Lipinski definition) is 1. The third kappa shape index (κ3) is 3.14. The molecule has 1 aliphatic heterocycles. The predicted molar refractivity (Wildman–Crippen MR) is 92.4 cm³/mol. The molecule has 3 rings (SSSR count). The molecule has 1 aromatic carbocycles. The molecule has 3 atom stereocenters. The fourth-order valence-electron chi connectivity index (χ4n) is 3.03. The van der Waals surface area contributed by atoms with Gasteiger partial charge in [-0.3, -0.25) is 0 Å². The van der Waals surface area contributed by atoms with Gasteiger partial charge >= 0.3 is 0 Å². The van der Waals surface area contributed by atoms with E-state index < -0.39 is 0 Å². The van der Waals surface area contributed by atoms with Crippen LogP contribution in [0.1, 0.15) is 18.9 Å². The van der Waals surface area contributed by atoms with Crippen LogP contribution in [0.2, 0.25) is 0 Å². The molecule has 0 radical (unpaired) electrons. The van der Waals surface area contributed by atoms with E-state index in [2.05, 4.69) is 53.5 Å². The van der Waals surface area contributed by atoms with Crippen LogP contribution >= 0.6 is 23.8 Å². The molecule has 0 unspecified atom stereocenters. The first-order valence-corrected chi connectivity index (χ1v) is 8.12. The number of rotatable bonds is 4. The molecule has 0 aromatic heterocycles. The van der Waals surface area contributed by atoms with E-state index in [1.165, 1.54) is 5.56 Å². The average molecular weight is 319 g/mol. The lowest BCUT2D eigenvalue weighted by atomic mass is 10.00. The Morgan fingerprint density at radius 1 is 1.33 bits per heavy atom. The van der Waals surface area contributed by atoms with Crippen LogP contribution in [0.15, 0.2) is 53.6 Å². The van der Waals surface area contributed by atoms with Crippen LogP contribution in [-0.4, -0.2) is 28.1 Å². The molecule has 0 bridgehead atoms. The van der Waals surface area contributed by atoms with Gasteiger partial charge in [0.25, 0.3) is 0 Å². The van der Waals surface area contributed by atoms with Crippen LogP contribution in [0.3, 0.4) is 0 Å². The number of aryl methyl sites for hydroxylation is 1. The van der Waals surface area contributed by atoms with Crippen molar-refractivity contribution in [1.82, 2.24) is 10.2 Å². The highest BCUT2D eigenvalue weighted by atomic mass is 35.5. The quantitative estimate of drug-likeness (QED) is 0.854. The van der Waals surface area contributed by atoms with Crippen molar-refractivity contribution in [3.63, 3.8) is 0 Å². The topological polar surface area (TPSA) is 15.3 Å². The highest BCUT2D eigenvalue weighted by Gasteiger charge is 2.37. The summed E-state index contributed by atoms with van der Waals surface area (Å²) in [5, 5.41) is 4.97. The van der Waals surface area contributed by atoms with E-state index in [0.717, 1.165) is 23.0 Å². The van der Waals surface area contributed by atoms with Crippen LogP contribution in [0.5, 0.6) is 0 Å². The van der Waals surface area contributed by atoms with Crippen molar-refractivity contribution in [3.05, 3.63) is 59.2 Å². The standard InChI is InChI=1S/C17H19ClN2S/c1-12(7-8-13-5-3-2-4-6-13)20-16-10-9-14(18)11-15(16)19-17(20)21/h2-6,9-12,15-16H,7-8H2,1H3,(H,19,21)/t12-,15+,16+/m1/s1. The van der Waals surface area contributed by atoms with Crippen molar-refractivity contribution < 1.29 is 0 Å². The summed E-state index contributed by atoms with van der Waals surface area (Å²) in [6.07, 6.45) is 8.31. The number of hydrogen-bond acceptors (Lipinski definition) is 1. The summed E-state index contributed by atoms with van der Waals surface area (Å²) in [4.78, 5) is 2.30. The van der Waals surface area contributed by atoms with Gasteiger partial charge in [-0.1, -0.05) is 48.0 Å². The van der Waals surface area contributed by atoms with Crippen LogP contribution in [0.25, 0.3) is 0 Å². The molecule has 1 fully saturated rings. The SMILES string of the molecule is C[C@H](CCc1ccccc1)N1C(=S)N[C@H]2C=C(Cl)C=C[C@@H]21. The van der Waals surface area contributed by atoms with E-state index >= 15 is 0 Å². The van der Waals surface area contributed by atoms with Crippen molar-refractivity contribution in [2.45, 2.75) is 37.9 Å². The van der Waals surface area contributed by atoms with Crippen LogP contribution < -0.4 is 5.32 Å². The molecule has 2 aliphatic rings. The Kier molecular flexibility index (Phi) is 4.32. The van der Waals surface area contributed by atoms with Crippen molar-refractivity contribution in [3.8, 4) is 0 Å². The second-order valence-corrected chi connectivity index (χ2v) is 6.48. The maximum Gasteiger partial charge on any atom is 0.170 e. The van der Waals surface area contributed by atoms with Crippen LogP contribution in [0.4, 0.5) is 0 Å². The number of fused-ring (bicyclic) bond motifs is 1. The van der Waals surface area contributed by atoms with E-state index in [0.29, 0.717) is 6.04 Å². The fourth-order valence-corrected chi connectivity index (χ4v) is 3.68. The first kappa shape index (κ1) is 14.6. The van der Waals surface area contributed by atoms with Crippen LogP contribution in [0, 0.1) is 0 Å². The van der Waals surface area contributed by atoms with Crippen molar-refractivity contribution in [2.75, 3.05) is 0 Å². The van der Waals surface area contributed by atoms with Crippen molar-refractivity contribution >= 4 is 28.9 Å². The van der Waals surface area contributed by atoms with Gasteiger partial charge in [0.1, 0.15) is 0 Å². The summed E-state index contributed by atoms with van der Waals surface area (Å²) < 4.78 is 0. The normalized spacial score (nSPS) is 25.3. The lowest BCUT2D eigenvalue weighted by Crippen LogP contribution is -2.42. The molecule has 4 heteroatoms. The number of benzene rings is 1. The number of allylic oxidation sites excluding steroid dienone is 2. The summed E-state index contributed by atoms with van der Waals surface area (Å²) in [7, 11) is 0. The highest BCUT2D eigenvalue weighted by molar-refractivity contribution is 7.80. The summed E-state index contributed by atoms with van der Waals surface area (Å²) >= 11 is 11.6. The third-order valence-corrected chi connectivity index (χ3v) is 4.75. The van der Waals surface area contributed by atoms with E-state index in [1.807, 2.05) is 12.2 Å². The number of nitrogens with zero attached hydrogens (tertiary/aromatic N) is 1. The zero-order valence-corrected chi connectivity index (χ0v) is 13.6. The molecule has 1 aliphatic carbocycles. The molecular weight excluding hydrogens is 300 g/mol. The number of nitrogens with one attached hydrogen (secondary N) is 1. The fraction of sp³-hybridized carbons (Fsp3) is 0.353. The van der Waals surface area contributed by atoms with Gasteiger partial charge in [0.15, 0.2) is 5.11 Å². The largest absolute Gasteiger partial charge is 0.354 e. The maximum absolute atomic E-state index is 6.07. The smallest absolute Gasteiger partial charge is 0.170 e. The van der Waals surface area contributed by atoms with Crippen molar-refractivity contribution in [1.29, 1.82) is 0 Å². The highest BCUT2D eigenvalue weighted by Crippen LogP contribution is 2.27. The molecular formula is C17H19ClN2S. The van der Waals surface area contributed by atoms with E-state index in [-0.39, 0.29) is 12.1 Å². The molecule has 110 valence electrons. The first-order chi connectivity index (χ1) is 10.1. The Hall–Kier alpha value is -1.32. The maximum atomic E-state index is 6.07. The molecule has 0 amide bonds. The van der Waals surface area contributed by atoms with Gasteiger partial charge in [0.05, 0.1) is 12.1 Å². The lowest BCUT2D eigenvalue weighted by molar-refractivity contribution is 0.290. The van der Waals surface area contributed by atoms with E-state index in [1.54, 1.807) is 0 Å². The first-order valence-electron chi connectivity index (χ1n) is 7.33. The minimum Gasteiger partial charge on any atom is -0.354 e. The number of thiocarbonyl (C=S) groups is 1. The third-order valence-electron chi connectivity index (χ3n) is 4.17. The Labute approximate surface area is 136 Å². The van der Waals surface area contributed by atoms with Crippen LogP contribution in [-0.2, 0) is 6.42 Å². The lowest BCUT2D eigenvalue weighted by Gasteiger charge is -2.31. The summed E-state index contributed by atoms with van der Waals surface area (Å²) in [6.45, 7) is 2.24. The van der Waals surface area contributed by atoms with Gasteiger partial charge in [-0.15, -0.1) is 0 Å². The number of halogens is 1. The minimum atomic E-state index is 0.203.